The predicted octanol–water partition coefficient (Wildman–Crippen LogP) is 4.68. The zero-order valence-corrected chi connectivity index (χ0v) is 24.3. The number of carbonyl (C=O) groups is 1. The van der Waals surface area contributed by atoms with E-state index in [4.69, 9.17) is 10.5 Å². The fourth-order valence-corrected chi connectivity index (χ4v) is 5.57. The van der Waals surface area contributed by atoms with E-state index in [-0.39, 0.29) is 30.7 Å². The largest absolute Gasteiger partial charge is 0.457 e. The van der Waals surface area contributed by atoms with Crippen LogP contribution in [0.25, 0.3) is 0 Å². The highest BCUT2D eigenvalue weighted by molar-refractivity contribution is 7.92. The molecule has 1 heterocycles. The molecule has 38 heavy (non-hydrogen) atoms. The summed E-state index contributed by atoms with van der Waals surface area (Å²) in [4.78, 5) is 15.1. The molecular formula is C27H40Cl2N4O4S. The van der Waals surface area contributed by atoms with Crippen LogP contribution in [-0.2, 0) is 21.4 Å². The number of ether oxygens (including phenoxy) is 1. The van der Waals surface area contributed by atoms with E-state index in [1.807, 2.05) is 24.3 Å². The minimum Gasteiger partial charge on any atom is -0.457 e. The maximum atomic E-state index is 12.8. The van der Waals surface area contributed by atoms with Crippen LogP contribution in [0.3, 0.4) is 0 Å². The Balaban J connectivity index is 0.00000253. The smallest absolute Gasteiger partial charge is 0.240 e. The van der Waals surface area contributed by atoms with E-state index in [0.717, 1.165) is 32.4 Å². The van der Waals surface area contributed by atoms with Crippen LogP contribution in [0.4, 0.5) is 5.69 Å². The predicted molar refractivity (Wildman–Crippen MR) is 157 cm³/mol. The number of anilines is 1. The Morgan fingerprint density at radius 2 is 1.53 bits per heavy atom. The van der Waals surface area contributed by atoms with Gasteiger partial charge in [0.25, 0.3) is 0 Å². The van der Waals surface area contributed by atoms with E-state index in [0.29, 0.717) is 35.9 Å². The average Bonchev–Trinajstić information content (AvgIpc) is 2.86. The Morgan fingerprint density at radius 1 is 0.974 bits per heavy atom. The van der Waals surface area contributed by atoms with Crippen molar-refractivity contribution in [3.05, 3.63) is 54.1 Å². The van der Waals surface area contributed by atoms with Crippen LogP contribution in [0.2, 0.25) is 0 Å². The normalized spacial score (nSPS) is 17.9. The van der Waals surface area contributed by atoms with Crippen LogP contribution in [0, 0.1) is 5.92 Å². The quantitative estimate of drug-likeness (QED) is 0.393. The molecule has 2 aliphatic rings. The number of nitrogens with one attached hydrogen (secondary N) is 2. The molecule has 8 nitrogen and oxygen atoms in total. The molecule has 1 amide bonds. The molecule has 0 spiro atoms. The second-order valence-electron chi connectivity index (χ2n) is 10.3. The summed E-state index contributed by atoms with van der Waals surface area (Å²) in [6, 6.07) is 14.7. The number of hydrogen-bond acceptors (Lipinski definition) is 6. The highest BCUT2D eigenvalue weighted by Gasteiger charge is 2.37. The molecule has 2 aromatic rings. The molecule has 2 fully saturated rings. The van der Waals surface area contributed by atoms with Crippen molar-refractivity contribution in [1.82, 2.24) is 10.2 Å². The monoisotopic (exact) mass is 586 g/mol. The molecule has 4 rings (SSSR count). The summed E-state index contributed by atoms with van der Waals surface area (Å²) >= 11 is 0. The molecule has 212 valence electrons. The van der Waals surface area contributed by atoms with Crippen LogP contribution < -0.4 is 20.5 Å². The lowest BCUT2D eigenvalue weighted by Gasteiger charge is -2.38. The summed E-state index contributed by atoms with van der Waals surface area (Å²) < 4.78 is 31.0. The Kier molecular flexibility index (Phi) is 12.2. The number of likely N-dealkylation sites (tertiary alicyclic amines) is 1. The standard InChI is InChI=1S/C27H38N4O4S.2ClH/c1-36(33,34)30-23-9-13-25(14-10-23)35-24-11-7-22(8-12-24)20-31-17-15-27(28,16-18-31)26(32)29-19-21-5-3-2-4-6-21;;/h7-14,21,30H,2-6,15-20,28H2,1H3,(H,29,32);2*1H. The molecule has 2 aromatic carbocycles. The SMILES string of the molecule is CS(=O)(=O)Nc1ccc(Oc2ccc(CN3CCC(N)(C(=O)NCC4CCCCC4)CC3)cc2)cc1.Cl.Cl. The fraction of sp³-hybridized carbons (Fsp3) is 0.519. The molecule has 0 radical (unpaired) electrons. The van der Waals surface area contributed by atoms with Gasteiger partial charge in [0.05, 0.1) is 11.8 Å². The fourth-order valence-electron chi connectivity index (χ4n) is 5.00. The number of nitrogens with zero attached hydrogens (tertiary/aromatic N) is 1. The van der Waals surface area contributed by atoms with Gasteiger partial charge in [-0.25, -0.2) is 8.42 Å². The van der Waals surface area contributed by atoms with Crippen molar-refractivity contribution < 1.29 is 17.9 Å². The molecule has 11 heteroatoms. The molecule has 0 bridgehead atoms. The summed E-state index contributed by atoms with van der Waals surface area (Å²) in [7, 11) is -3.31. The van der Waals surface area contributed by atoms with E-state index >= 15 is 0 Å². The van der Waals surface area contributed by atoms with Gasteiger partial charge in [0.15, 0.2) is 0 Å². The molecule has 1 saturated heterocycles. The summed E-state index contributed by atoms with van der Waals surface area (Å²) in [6.45, 7) is 3.14. The van der Waals surface area contributed by atoms with Crippen LogP contribution >= 0.6 is 24.8 Å². The molecule has 0 aromatic heterocycles. The van der Waals surface area contributed by atoms with Gasteiger partial charge < -0.3 is 15.8 Å². The van der Waals surface area contributed by atoms with E-state index in [1.54, 1.807) is 24.3 Å². The first-order chi connectivity index (χ1) is 17.2. The zero-order valence-electron chi connectivity index (χ0n) is 21.9. The molecule has 1 aliphatic carbocycles. The third-order valence-electron chi connectivity index (χ3n) is 7.20. The van der Waals surface area contributed by atoms with E-state index in [1.165, 1.54) is 37.7 Å². The van der Waals surface area contributed by atoms with E-state index < -0.39 is 15.6 Å². The summed E-state index contributed by atoms with van der Waals surface area (Å²) in [5, 5.41) is 3.14. The number of piperidine rings is 1. The topological polar surface area (TPSA) is 114 Å². The van der Waals surface area contributed by atoms with Crippen molar-refractivity contribution >= 4 is 46.4 Å². The van der Waals surface area contributed by atoms with Crippen LogP contribution in [0.1, 0.15) is 50.5 Å². The number of carbonyl (C=O) groups excluding carboxylic acids is 1. The number of hydrogen-bond donors (Lipinski definition) is 3. The van der Waals surface area contributed by atoms with Gasteiger partial charge in [0.2, 0.25) is 15.9 Å². The Labute approximate surface area is 238 Å². The van der Waals surface area contributed by atoms with Gasteiger partial charge in [-0.2, -0.15) is 0 Å². The Bertz CT molecular complexity index is 1120. The number of benzene rings is 2. The number of halogens is 2. The van der Waals surface area contributed by atoms with Crippen molar-refractivity contribution in [1.29, 1.82) is 0 Å². The van der Waals surface area contributed by atoms with Crippen molar-refractivity contribution in [2.24, 2.45) is 11.7 Å². The molecule has 0 atom stereocenters. The van der Waals surface area contributed by atoms with Gasteiger partial charge in [0.1, 0.15) is 11.5 Å². The second kappa shape index (κ2) is 14.4. The lowest BCUT2D eigenvalue weighted by Crippen LogP contribution is -2.59. The first-order valence-corrected chi connectivity index (χ1v) is 14.7. The maximum absolute atomic E-state index is 12.8. The minimum atomic E-state index is -3.31. The highest BCUT2D eigenvalue weighted by atomic mass is 35.5. The first kappa shape index (κ1) is 32.2. The van der Waals surface area contributed by atoms with Gasteiger partial charge in [-0.05, 0) is 73.6 Å². The van der Waals surface area contributed by atoms with Gasteiger partial charge in [-0.3, -0.25) is 14.4 Å². The Hall–Kier alpha value is -2.04. The number of sulfonamides is 1. The number of rotatable bonds is 9. The third kappa shape index (κ3) is 9.61. The van der Waals surface area contributed by atoms with Gasteiger partial charge in [0, 0.05) is 31.9 Å². The van der Waals surface area contributed by atoms with Crippen LogP contribution in [-0.4, -0.2) is 50.7 Å². The second-order valence-corrected chi connectivity index (χ2v) is 12.0. The van der Waals surface area contributed by atoms with Crippen molar-refractivity contribution in [3.63, 3.8) is 0 Å². The molecule has 1 saturated carbocycles. The molecule has 4 N–H and O–H groups in total. The first-order valence-electron chi connectivity index (χ1n) is 12.8. The highest BCUT2D eigenvalue weighted by Crippen LogP contribution is 2.26. The van der Waals surface area contributed by atoms with Gasteiger partial charge in [-0.15, -0.1) is 24.8 Å². The number of nitrogens with two attached hydrogens (primary N) is 1. The Morgan fingerprint density at radius 3 is 2.08 bits per heavy atom. The lowest BCUT2D eigenvalue weighted by atomic mass is 9.86. The summed E-state index contributed by atoms with van der Waals surface area (Å²) in [5.74, 6) is 1.94. The van der Waals surface area contributed by atoms with Crippen LogP contribution in [0.5, 0.6) is 11.5 Å². The number of amides is 1. The van der Waals surface area contributed by atoms with Gasteiger partial charge in [-0.1, -0.05) is 31.4 Å². The van der Waals surface area contributed by atoms with E-state index in [9.17, 15) is 13.2 Å². The molecule has 1 aliphatic heterocycles. The summed E-state index contributed by atoms with van der Waals surface area (Å²) in [5.41, 5.74) is 7.41. The average molecular weight is 588 g/mol. The van der Waals surface area contributed by atoms with Crippen molar-refractivity contribution in [3.8, 4) is 11.5 Å². The minimum absolute atomic E-state index is 0. The third-order valence-corrected chi connectivity index (χ3v) is 7.81. The zero-order chi connectivity index (χ0) is 25.6. The van der Waals surface area contributed by atoms with Crippen molar-refractivity contribution in [2.75, 3.05) is 30.6 Å². The van der Waals surface area contributed by atoms with Gasteiger partial charge >= 0.3 is 0 Å². The summed E-state index contributed by atoms with van der Waals surface area (Å²) in [6.07, 6.45) is 8.73. The van der Waals surface area contributed by atoms with E-state index in [2.05, 4.69) is 14.9 Å². The molecule has 0 unspecified atom stereocenters. The maximum Gasteiger partial charge on any atom is 0.240 e. The van der Waals surface area contributed by atoms with Crippen LogP contribution in [0.15, 0.2) is 48.5 Å². The lowest BCUT2D eigenvalue weighted by molar-refractivity contribution is -0.128. The molecular weight excluding hydrogens is 547 g/mol. The van der Waals surface area contributed by atoms with Crippen molar-refractivity contribution in [2.45, 2.75) is 57.0 Å².